The number of carbonyl (C=O) groups excluding carboxylic acids is 1. The molecule has 0 aromatic heterocycles. The maximum atomic E-state index is 11.8. The fraction of sp³-hybridized carbons (Fsp3) is 0.562. The lowest BCUT2D eigenvalue weighted by Gasteiger charge is -2.20. The first-order valence-corrected chi connectivity index (χ1v) is 7.03. The first-order chi connectivity index (χ1) is 9.23. The Bertz CT molecular complexity index is 464. The Morgan fingerprint density at radius 3 is 2.55 bits per heavy atom. The van der Waals surface area contributed by atoms with Crippen LogP contribution in [0.1, 0.15) is 51.2 Å². The number of nitrogens with one attached hydrogen (secondary N) is 1. The largest absolute Gasteiger partial charge is 0.444 e. The Kier molecular flexibility index (Phi) is 5.57. The van der Waals surface area contributed by atoms with Crippen LogP contribution < -0.4 is 11.1 Å². The predicted octanol–water partition coefficient (Wildman–Crippen LogP) is 3.79. The number of amides is 1. The summed E-state index contributed by atoms with van der Waals surface area (Å²) in [6.45, 7) is 10.3. The average molecular weight is 278 g/mol. The van der Waals surface area contributed by atoms with Crippen LogP contribution in [0.5, 0.6) is 0 Å². The van der Waals surface area contributed by atoms with E-state index in [0.29, 0.717) is 12.5 Å². The van der Waals surface area contributed by atoms with E-state index in [4.69, 9.17) is 10.5 Å². The first kappa shape index (κ1) is 16.5. The second kappa shape index (κ2) is 6.75. The van der Waals surface area contributed by atoms with Gasteiger partial charge in [0.1, 0.15) is 5.60 Å². The van der Waals surface area contributed by atoms with E-state index in [1.807, 2.05) is 39.8 Å². The van der Waals surface area contributed by atoms with Crippen molar-refractivity contribution in [3.8, 4) is 0 Å². The highest BCUT2D eigenvalue weighted by molar-refractivity contribution is 5.85. The van der Waals surface area contributed by atoms with Gasteiger partial charge in [-0.15, -0.1) is 0 Å². The summed E-state index contributed by atoms with van der Waals surface area (Å²) in [4.78, 5) is 11.8. The molecule has 0 saturated carbocycles. The highest BCUT2D eigenvalue weighted by Gasteiger charge is 2.17. The van der Waals surface area contributed by atoms with Gasteiger partial charge in [-0.3, -0.25) is 5.32 Å². The quantitative estimate of drug-likeness (QED) is 0.880. The molecule has 0 fully saturated rings. The molecule has 1 atom stereocenters. The number of nitrogens with two attached hydrogens (primary N) is 1. The van der Waals surface area contributed by atoms with E-state index >= 15 is 0 Å². The third-order valence-corrected chi connectivity index (χ3v) is 3.05. The van der Waals surface area contributed by atoms with Gasteiger partial charge in [-0.2, -0.15) is 0 Å². The minimum Gasteiger partial charge on any atom is -0.444 e. The maximum absolute atomic E-state index is 11.8. The predicted molar refractivity (Wildman–Crippen MR) is 83.1 cm³/mol. The lowest BCUT2D eigenvalue weighted by atomic mass is 9.96. The van der Waals surface area contributed by atoms with Gasteiger partial charge < -0.3 is 10.5 Å². The average Bonchev–Trinajstić information content (AvgIpc) is 2.29. The molecular formula is C16H26N2O2. The molecule has 0 aliphatic rings. The van der Waals surface area contributed by atoms with Gasteiger partial charge in [-0.05, 0) is 63.8 Å². The van der Waals surface area contributed by atoms with Crippen molar-refractivity contribution in [3.63, 3.8) is 0 Å². The van der Waals surface area contributed by atoms with Crippen molar-refractivity contribution in [1.29, 1.82) is 0 Å². The zero-order valence-corrected chi connectivity index (χ0v) is 13.1. The van der Waals surface area contributed by atoms with Crippen molar-refractivity contribution in [2.24, 2.45) is 5.73 Å². The minimum absolute atomic E-state index is 0.425. The molecule has 1 aromatic carbocycles. The standard InChI is InChI=1S/C16H26N2O2/c1-11(8-9-17)13-6-7-14(12(2)10-13)18-15(19)20-16(3,4)5/h6-7,10-11H,8-9,17H2,1-5H3,(H,18,19). The molecule has 1 aromatic rings. The molecule has 20 heavy (non-hydrogen) atoms. The van der Waals surface area contributed by atoms with E-state index in [1.54, 1.807) is 0 Å². The number of benzene rings is 1. The van der Waals surface area contributed by atoms with Crippen molar-refractivity contribution in [1.82, 2.24) is 0 Å². The van der Waals surface area contributed by atoms with Crippen LogP contribution in [0.3, 0.4) is 0 Å². The molecule has 0 aliphatic heterocycles. The summed E-state index contributed by atoms with van der Waals surface area (Å²) in [6.07, 6.45) is 0.529. The lowest BCUT2D eigenvalue weighted by Crippen LogP contribution is -2.27. The van der Waals surface area contributed by atoms with E-state index in [1.165, 1.54) is 5.56 Å². The monoisotopic (exact) mass is 278 g/mol. The number of hydrogen-bond acceptors (Lipinski definition) is 3. The molecule has 112 valence electrons. The van der Waals surface area contributed by atoms with Gasteiger partial charge in [-0.25, -0.2) is 4.79 Å². The molecular weight excluding hydrogens is 252 g/mol. The van der Waals surface area contributed by atoms with Crippen molar-refractivity contribution in [2.75, 3.05) is 11.9 Å². The summed E-state index contributed by atoms with van der Waals surface area (Å²) in [7, 11) is 0. The van der Waals surface area contributed by atoms with Crippen LogP contribution >= 0.6 is 0 Å². The Hall–Kier alpha value is -1.55. The summed E-state index contributed by atoms with van der Waals surface area (Å²) >= 11 is 0. The summed E-state index contributed by atoms with van der Waals surface area (Å²) in [6, 6.07) is 6.04. The van der Waals surface area contributed by atoms with Gasteiger partial charge in [0.25, 0.3) is 0 Å². The fourth-order valence-corrected chi connectivity index (χ4v) is 1.96. The number of anilines is 1. The third kappa shape index (κ3) is 5.21. The van der Waals surface area contributed by atoms with Gasteiger partial charge in [0.05, 0.1) is 0 Å². The second-order valence-corrected chi connectivity index (χ2v) is 6.18. The molecule has 1 unspecified atom stereocenters. The molecule has 0 radical (unpaired) electrons. The number of rotatable bonds is 4. The van der Waals surface area contributed by atoms with Crippen LogP contribution in [0.4, 0.5) is 10.5 Å². The third-order valence-electron chi connectivity index (χ3n) is 3.05. The molecule has 1 rings (SSSR count). The maximum Gasteiger partial charge on any atom is 0.412 e. The Morgan fingerprint density at radius 2 is 2.05 bits per heavy atom. The summed E-state index contributed by atoms with van der Waals surface area (Å²) in [5, 5.41) is 2.78. The smallest absolute Gasteiger partial charge is 0.412 e. The van der Waals surface area contributed by atoms with Crippen molar-refractivity contribution in [3.05, 3.63) is 29.3 Å². The molecule has 0 heterocycles. The van der Waals surface area contributed by atoms with E-state index < -0.39 is 11.7 Å². The normalized spacial score (nSPS) is 12.9. The lowest BCUT2D eigenvalue weighted by molar-refractivity contribution is 0.0636. The van der Waals surface area contributed by atoms with Crippen LogP contribution in [0, 0.1) is 6.92 Å². The number of ether oxygens (including phenoxy) is 1. The topological polar surface area (TPSA) is 64.3 Å². The zero-order chi connectivity index (χ0) is 15.3. The van der Waals surface area contributed by atoms with E-state index in [0.717, 1.165) is 17.7 Å². The Morgan fingerprint density at radius 1 is 1.40 bits per heavy atom. The van der Waals surface area contributed by atoms with E-state index in [2.05, 4.69) is 18.3 Å². The first-order valence-electron chi connectivity index (χ1n) is 7.03. The van der Waals surface area contributed by atoms with E-state index in [9.17, 15) is 4.79 Å². The molecule has 0 aliphatic carbocycles. The van der Waals surface area contributed by atoms with Gasteiger partial charge in [0.2, 0.25) is 0 Å². The molecule has 0 saturated heterocycles. The van der Waals surface area contributed by atoms with Gasteiger partial charge in [0.15, 0.2) is 0 Å². The Balaban J connectivity index is 2.76. The number of aryl methyl sites for hydroxylation is 1. The molecule has 4 heteroatoms. The van der Waals surface area contributed by atoms with Gasteiger partial charge in [0, 0.05) is 5.69 Å². The van der Waals surface area contributed by atoms with Crippen LogP contribution in [0.2, 0.25) is 0 Å². The summed E-state index contributed by atoms with van der Waals surface area (Å²) < 4.78 is 5.25. The summed E-state index contributed by atoms with van der Waals surface area (Å²) in [5.74, 6) is 0.425. The molecule has 3 N–H and O–H groups in total. The summed E-state index contributed by atoms with van der Waals surface area (Å²) in [5.41, 5.74) is 8.14. The van der Waals surface area contributed by atoms with Crippen LogP contribution in [-0.2, 0) is 4.74 Å². The van der Waals surface area contributed by atoms with Gasteiger partial charge in [-0.1, -0.05) is 19.1 Å². The van der Waals surface area contributed by atoms with E-state index in [-0.39, 0.29) is 0 Å². The fourth-order valence-electron chi connectivity index (χ4n) is 1.96. The van der Waals surface area contributed by atoms with Gasteiger partial charge >= 0.3 is 6.09 Å². The molecule has 0 bridgehead atoms. The van der Waals surface area contributed by atoms with Crippen LogP contribution in [0.15, 0.2) is 18.2 Å². The molecule has 1 amide bonds. The second-order valence-electron chi connectivity index (χ2n) is 6.18. The minimum atomic E-state index is -0.492. The molecule has 4 nitrogen and oxygen atoms in total. The highest BCUT2D eigenvalue weighted by atomic mass is 16.6. The van der Waals surface area contributed by atoms with Crippen molar-refractivity contribution < 1.29 is 9.53 Å². The van der Waals surface area contributed by atoms with Crippen molar-refractivity contribution >= 4 is 11.8 Å². The molecule has 0 spiro atoms. The SMILES string of the molecule is Cc1cc(C(C)CCN)ccc1NC(=O)OC(C)(C)C. The van der Waals surface area contributed by atoms with Crippen molar-refractivity contribution in [2.45, 2.75) is 52.6 Å². The van der Waals surface area contributed by atoms with Crippen LogP contribution in [0.25, 0.3) is 0 Å². The Labute approximate surface area is 121 Å². The highest BCUT2D eigenvalue weighted by Crippen LogP contribution is 2.24. The number of hydrogen-bond donors (Lipinski definition) is 2. The zero-order valence-electron chi connectivity index (χ0n) is 13.1. The number of carbonyl (C=O) groups is 1. The van der Waals surface area contributed by atoms with Crippen LogP contribution in [-0.4, -0.2) is 18.2 Å².